The molecule has 2 aromatic carbocycles. The zero-order valence-electron chi connectivity index (χ0n) is 16.9. The van der Waals surface area contributed by atoms with Crippen LogP contribution in [0.25, 0.3) is 0 Å². The van der Waals surface area contributed by atoms with Crippen molar-refractivity contribution in [3.63, 3.8) is 0 Å². The summed E-state index contributed by atoms with van der Waals surface area (Å²) in [5.74, 6) is 0.349. The maximum atomic E-state index is 12.8. The number of ether oxygens (including phenoxy) is 1. The number of aromatic nitrogens is 2. The normalized spacial score (nSPS) is 10.2. The van der Waals surface area contributed by atoms with E-state index in [9.17, 15) is 14.4 Å². The molecule has 1 aromatic heterocycles. The molecule has 0 aliphatic heterocycles. The van der Waals surface area contributed by atoms with Crippen LogP contribution in [-0.2, 0) is 35.7 Å². The Kier molecular flexibility index (Phi) is 10.1. The fourth-order valence-corrected chi connectivity index (χ4v) is 3.80. The molecule has 0 atom stereocenters. The van der Waals surface area contributed by atoms with Gasteiger partial charge < -0.3 is 20.3 Å². The van der Waals surface area contributed by atoms with Crippen LogP contribution in [0.3, 0.4) is 0 Å². The number of esters is 1. The van der Waals surface area contributed by atoms with Crippen LogP contribution in [0.2, 0.25) is 5.02 Å². The average Bonchev–Trinajstić information content (AvgIpc) is 3.32. The van der Waals surface area contributed by atoms with Gasteiger partial charge in [-0.15, -0.1) is 6.20 Å². The number of hydrogen-bond donors (Lipinski definition) is 1. The molecule has 3 aromatic rings. The molecule has 3 rings (SSSR count). The molecule has 0 aliphatic rings. The van der Waals surface area contributed by atoms with Gasteiger partial charge in [0.05, 0.1) is 19.2 Å². The molecule has 170 valence electrons. The topological polar surface area (TPSA) is 99.5 Å². The average molecular weight is 563 g/mol. The first-order valence-electron chi connectivity index (χ1n) is 9.30. The number of hydrogen-bond acceptors (Lipinski definition) is 6. The molecule has 0 saturated heterocycles. The molecule has 10 heteroatoms. The van der Waals surface area contributed by atoms with Crippen LogP contribution in [0.15, 0.2) is 54.9 Å². The fraction of sp³-hybridized carbons (Fsp3) is 0.182. The maximum Gasteiger partial charge on any atom is 0.306 e. The smallest absolute Gasteiger partial charge is 0.306 e. The van der Waals surface area contributed by atoms with Crippen molar-refractivity contribution < 1.29 is 39.5 Å². The first-order chi connectivity index (χ1) is 15.0. The number of ketones is 1. The Morgan fingerprint density at radius 3 is 2.69 bits per heavy atom. The molecular weight excluding hydrogens is 544 g/mol. The number of anilines is 1. The van der Waals surface area contributed by atoms with Gasteiger partial charge in [-0.25, -0.2) is 0 Å². The van der Waals surface area contributed by atoms with Gasteiger partial charge in [0, 0.05) is 59.8 Å². The van der Waals surface area contributed by atoms with E-state index in [1.165, 1.54) is 25.6 Å². The van der Waals surface area contributed by atoms with Crippen molar-refractivity contribution in [3.05, 3.63) is 82.1 Å². The minimum absolute atomic E-state index is 0. The Balaban J connectivity index is 0.00000363. The number of methoxy groups -OCH3 is 1. The maximum absolute atomic E-state index is 12.8. The van der Waals surface area contributed by atoms with Crippen molar-refractivity contribution in [2.45, 2.75) is 12.2 Å². The van der Waals surface area contributed by atoms with Crippen molar-refractivity contribution in [1.29, 1.82) is 0 Å². The van der Waals surface area contributed by atoms with Crippen LogP contribution in [0, 0.1) is 0 Å². The van der Waals surface area contributed by atoms with Gasteiger partial charge in [-0.1, -0.05) is 23.7 Å². The minimum Gasteiger partial charge on any atom is -0.581 e. The Morgan fingerprint density at radius 2 is 1.97 bits per heavy atom. The molecule has 1 N–H and O–H groups in total. The summed E-state index contributed by atoms with van der Waals surface area (Å²) in [5, 5.41) is 10.5. The Labute approximate surface area is 208 Å². The van der Waals surface area contributed by atoms with E-state index in [0.717, 1.165) is 5.56 Å². The summed E-state index contributed by atoms with van der Waals surface area (Å²) in [7, 11) is 1.36. The quantitative estimate of drug-likeness (QED) is 0.182. The van der Waals surface area contributed by atoms with E-state index in [0.29, 0.717) is 39.8 Å². The molecule has 0 fully saturated rings. The van der Waals surface area contributed by atoms with Crippen molar-refractivity contribution in [1.82, 2.24) is 10.2 Å². The first kappa shape index (κ1) is 25.8. The number of nitrogens with zero attached hydrogens (tertiary/aromatic N) is 2. The van der Waals surface area contributed by atoms with Crippen LogP contribution >= 0.6 is 23.4 Å². The number of nitrogens with one attached hydrogen (secondary N) is 1. The molecule has 0 bridgehead atoms. The number of thioether (sulfide) groups is 1. The molecule has 1 amide bonds. The standard InChI is InChI=1S/C22H20ClN3O4S.Pd/c1-30-20(27)7-8-31-13-14-3-2-4-15(9-14)22(29)26-19-6-5-17(23)10-18(19)21(28)16-11-24-25-12-16;/h2-6,9-12H,7-8,13H2,1H3,(H2,24,25,26,28,29);/p-1. The summed E-state index contributed by atoms with van der Waals surface area (Å²) in [6.45, 7) is 0. The number of carbonyl (C=O) groups excluding carboxylic acids is 3. The van der Waals surface area contributed by atoms with Crippen LogP contribution < -0.4 is 10.4 Å². The van der Waals surface area contributed by atoms with Gasteiger partial charge in [0.2, 0.25) is 0 Å². The third-order valence-electron chi connectivity index (χ3n) is 4.33. The molecule has 0 unspecified atom stereocenters. The van der Waals surface area contributed by atoms with Crippen LogP contribution in [0.5, 0.6) is 0 Å². The second kappa shape index (κ2) is 12.6. The van der Waals surface area contributed by atoms with E-state index in [-0.39, 0.29) is 43.6 Å². The van der Waals surface area contributed by atoms with E-state index >= 15 is 0 Å². The SMILES string of the molecule is COC(=O)CCSCc1cccc(C(=O)Nc2ccc(Cl)cc2C(=O)c2cn[n-]c2)c1.[Pd]. The van der Waals surface area contributed by atoms with Crippen molar-refractivity contribution in [2.75, 3.05) is 18.2 Å². The largest absolute Gasteiger partial charge is 0.581 e. The first-order valence-corrected chi connectivity index (χ1v) is 10.8. The molecule has 0 aliphatic carbocycles. The summed E-state index contributed by atoms with van der Waals surface area (Å²) < 4.78 is 4.62. The Bertz CT molecular complexity index is 1090. The summed E-state index contributed by atoms with van der Waals surface area (Å²) in [6.07, 6.45) is 3.05. The summed E-state index contributed by atoms with van der Waals surface area (Å²) in [5.41, 5.74) is 2.31. The van der Waals surface area contributed by atoms with Crippen molar-refractivity contribution in [2.24, 2.45) is 0 Å². The minimum atomic E-state index is -0.350. The molecule has 7 nitrogen and oxygen atoms in total. The third-order valence-corrected chi connectivity index (χ3v) is 5.60. The monoisotopic (exact) mass is 562 g/mol. The van der Waals surface area contributed by atoms with Crippen molar-refractivity contribution >= 4 is 46.7 Å². The van der Waals surface area contributed by atoms with E-state index < -0.39 is 0 Å². The van der Waals surface area contributed by atoms with E-state index in [1.54, 1.807) is 42.1 Å². The number of rotatable bonds is 9. The third kappa shape index (κ3) is 7.04. The number of amides is 1. The van der Waals surface area contributed by atoms with Crippen LogP contribution in [0.4, 0.5) is 5.69 Å². The van der Waals surface area contributed by atoms with Gasteiger partial charge in [-0.2, -0.15) is 11.8 Å². The number of benzene rings is 2. The van der Waals surface area contributed by atoms with Gasteiger partial charge in [0.25, 0.3) is 5.91 Å². The zero-order valence-corrected chi connectivity index (χ0v) is 20.1. The molecular formula is C22H19ClN3O4PdS-. The molecule has 0 saturated carbocycles. The molecule has 32 heavy (non-hydrogen) atoms. The van der Waals surface area contributed by atoms with Gasteiger partial charge in [0.1, 0.15) is 0 Å². The number of carbonyl (C=O) groups is 3. The van der Waals surface area contributed by atoms with E-state index in [4.69, 9.17) is 11.6 Å². The van der Waals surface area contributed by atoms with Gasteiger partial charge in [-0.3, -0.25) is 14.4 Å². The molecule has 1 heterocycles. The van der Waals surface area contributed by atoms with Gasteiger partial charge >= 0.3 is 5.97 Å². The van der Waals surface area contributed by atoms with Crippen LogP contribution in [0.1, 0.15) is 38.3 Å². The molecule has 0 radical (unpaired) electrons. The second-order valence-corrected chi connectivity index (χ2v) is 8.04. The number of halogens is 1. The van der Waals surface area contributed by atoms with E-state index in [1.807, 2.05) is 6.07 Å². The Morgan fingerprint density at radius 1 is 1.16 bits per heavy atom. The van der Waals surface area contributed by atoms with Gasteiger partial charge in [0.15, 0.2) is 5.78 Å². The van der Waals surface area contributed by atoms with Crippen LogP contribution in [-0.4, -0.2) is 35.6 Å². The predicted molar refractivity (Wildman–Crippen MR) is 120 cm³/mol. The fourth-order valence-electron chi connectivity index (χ4n) is 2.75. The van der Waals surface area contributed by atoms with E-state index in [2.05, 4.69) is 20.3 Å². The summed E-state index contributed by atoms with van der Waals surface area (Å²) in [4.78, 5) is 36.8. The van der Waals surface area contributed by atoms with Gasteiger partial charge in [-0.05, 0) is 35.9 Å². The summed E-state index contributed by atoms with van der Waals surface area (Å²) in [6, 6.07) is 11.9. The van der Waals surface area contributed by atoms with Crippen molar-refractivity contribution in [3.8, 4) is 0 Å². The Hall–Kier alpha value is -2.44. The zero-order chi connectivity index (χ0) is 22.2. The summed E-state index contributed by atoms with van der Waals surface area (Å²) >= 11 is 7.64. The second-order valence-electron chi connectivity index (χ2n) is 6.50. The molecule has 0 spiro atoms. The predicted octanol–water partition coefficient (Wildman–Crippen LogP) is 3.97.